The van der Waals surface area contributed by atoms with Gasteiger partial charge in [-0.2, -0.15) is 0 Å². The molecule has 0 fully saturated rings. The third-order valence-corrected chi connectivity index (χ3v) is 2.36. The van der Waals surface area contributed by atoms with Crippen molar-refractivity contribution in [2.24, 2.45) is 0 Å². The number of fused-ring (bicyclic) bond motifs is 1. The van der Waals surface area contributed by atoms with Crippen molar-refractivity contribution in [1.82, 2.24) is 0 Å². The molecule has 0 radical (unpaired) electrons. The maximum Gasteiger partial charge on any atom is 0.142 e. The monoisotopic (exact) mass is 176 g/mol. The Morgan fingerprint density at radius 1 is 1.54 bits per heavy atom. The van der Waals surface area contributed by atoms with E-state index < -0.39 is 0 Å². The molecule has 1 unspecified atom stereocenters. The summed E-state index contributed by atoms with van der Waals surface area (Å²) in [5.74, 6) is 0. The van der Waals surface area contributed by atoms with Gasteiger partial charge in [-0.1, -0.05) is 6.07 Å². The van der Waals surface area contributed by atoms with E-state index in [9.17, 15) is 4.79 Å². The first kappa shape index (κ1) is 8.10. The van der Waals surface area contributed by atoms with Crippen LogP contribution in [0, 0.1) is 0 Å². The number of rotatable bonds is 1. The number of carbonyl (C=O) groups excluding carboxylic acids is 1. The van der Waals surface area contributed by atoms with Gasteiger partial charge in [0.05, 0.1) is 6.04 Å². The van der Waals surface area contributed by atoms with Gasteiger partial charge < -0.3 is 15.8 Å². The number of benzene rings is 1. The molecular formula is C10H12N2O. The van der Waals surface area contributed by atoms with Gasteiger partial charge in [0.25, 0.3) is 0 Å². The number of anilines is 2. The van der Waals surface area contributed by atoms with Crippen LogP contribution in [0.5, 0.6) is 0 Å². The quantitative estimate of drug-likeness (QED) is 0.499. The average molecular weight is 176 g/mol. The van der Waals surface area contributed by atoms with Crippen molar-refractivity contribution < 1.29 is 4.79 Å². The molecule has 2 rings (SSSR count). The van der Waals surface area contributed by atoms with Gasteiger partial charge in [-0.3, -0.25) is 0 Å². The fourth-order valence-electron chi connectivity index (χ4n) is 1.63. The summed E-state index contributed by atoms with van der Waals surface area (Å²) in [5.41, 5.74) is 8.62. The molecule has 68 valence electrons. The predicted octanol–water partition coefficient (Wildman–Crippen LogP) is 1.19. The molecule has 13 heavy (non-hydrogen) atoms. The van der Waals surface area contributed by atoms with E-state index in [1.165, 1.54) is 5.56 Å². The van der Waals surface area contributed by atoms with Crippen LogP contribution in [-0.4, -0.2) is 12.3 Å². The Balaban J connectivity index is 2.32. The summed E-state index contributed by atoms with van der Waals surface area (Å²) >= 11 is 0. The smallest absolute Gasteiger partial charge is 0.142 e. The predicted molar refractivity (Wildman–Crippen MR) is 52.7 cm³/mol. The average Bonchev–Trinajstić information content (AvgIpc) is 2.16. The molecule has 0 aliphatic carbocycles. The molecule has 0 bridgehead atoms. The maximum absolute atomic E-state index is 10.6. The molecule has 3 N–H and O–H groups in total. The summed E-state index contributed by atoms with van der Waals surface area (Å²) in [5, 5.41) is 3.14. The number of nitrogen functional groups attached to an aromatic ring is 1. The first-order valence-corrected chi connectivity index (χ1v) is 4.40. The van der Waals surface area contributed by atoms with Crippen molar-refractivity contribution in [2.45, 2.75) is 18.9 Å². The molecule has 0 saturated heterocycles. The van der Waals surface area contributed by atoms with Gasteiger partial charge >= 0.3 is 0 Å². The summed E-state index contributed by atoms with van der Waals surface area (Å²) in [6.45, 7) is 0. The van der Waals surface area contributed by atoms with Crippen LogP contribution in [0.1, 0.15) is 12.0 Å². The van der Waals surface area contributed by atoms with Crippen LogP contribution in [0.2, 0.25) is 0 Å². The number of nitrogens with one attached hydrogen (secondary N) is 1. The van der Waals surface area contributed by atoms with Crippen molar-refractivity contribution in [2.75, 3.05) is 11.1 Å². The van der Waals surface area contributed by atoms with Gasteiger partial charge in [-0.05, 0) is 30.5 Å². The molecule has 3 nitrogen and oxygen atoms in total. The zero-order valence-corrected chi connectivity index (χ0v) is 7.29. The van der Waals surface area contributed by atoms with Crippen molar-refractivity contribution in [3.8, 4) is 0 Å². The highest BCUT2D eigenvalue weighted by molar-refractivity contribution is 5.70. The first-order valence-electron chi connectivity index (χ1n) is 4.40. The second-order valence-corrected chi connectivity index (χ2v) is 3.34. The zero-order valence-electron chi connectivity index (χ0n) is 7.29. The lowest BCUT2D eigenvalue weighted by atomic mass is 9.98. The third kappa shape index (κ3) is 1.49. The highest BCUT2D eigenvalue weighted by Gasteiger charge is 2.16. The molecule has 0 amide bonds. The van der Waals surface area contributed by atoms with E-state index in [1.54, 1.807) is 0 Å². The lowest BCUT2D eigenvalue weighted by molar-refractivity contribution is -0.108. The molecule has 0 spiro atoms. The largest absolute Gasteiger partial charge is 0.399 e. The summed E-state index contributed by atoms with van der Waals surface area (Å²) < 4.78 is 0. The fourth-order valence-corrected chi connectivity index (χ4v) is 1.63. The lowest BCUT2D eigenvalue weighted by Gasteiger charge is -2.23. The van der Waals surface area contributed by atoms with Gasteiger partial charge in [0.15, 0.2) is 0 Å². The highest BCUT2D eigenvalue weighted by atomic mass is 16.1. The Hall–Kier alpha value is -1.51. The molecule has 1 aliphatic heterocycles. The normalized spacial score (nSPS) is 20.2. The third-order valence-electron chi connectivity index (χ3n) is 2.36. The summed E-state index contributed by atoms with van der Waals surface area (Å²) in [7, 11) is 0. The van der Waals surface area contributed by atoms with Crippen LogP contribution in [0.25, 0.3) is 0 Å². The minimum atomic E-state index is -0.0469. The second-order valence-electron chi connectivity index (χ2n) is 3.34. The number of nitrogens with two attached hydrogens (primary N) is 1. The van der Waals surface area contributed by atoms with Crippen LogP contribution >= 0.6 is 0 Å². The first-order chi connectivity index (χ1) is 6.29. The summed E-state index contributed by atoms with van der Waals surface area (Å²) in [6.07, 6.45) is 2.78. The Kier molecular flexibility index (Phi) is 1.93. The van der Waals surface area contributed by atoms with Crippen molar-refractivity contribution in [1.29, 1.82) is 0 Å². The lowest BCUT2D eigenvalue weighted by Crippen LogP contribution is -2.26. The van der Waals surface area contributed by atoms with E-state index in [0.717, 1.165) is 30.5 Å². The molecule has 1 aromatic rings. The summed E-state index contributed by atoms with van der Waals surface area (Å²) in [6, 6.07) is 5.74. The van der Waals surface area contributed by atoms with Gasteiger partial charge in [0.1, 0.15) is 6.29 Å². The Labute approximate surface area is 76.9 Å². The Morgan fingerprint density at radius 2 is 2.38 bits per heavy atom. The van der Waals surface area contributed by atoms with Crippen LogP contribution in [0.3, 0.4) is 0 Å². The van der Waals surface area contributed by atoms with Crippen LogP contribution in [-0.2, 0) is 11.2 Å². The maximum atomic E-state index is 10.6. The van der Waals surface area contributed by atoms with Crippen molar-refractivity contribution in [3.63, 3.8) is 0 Å². The minimum Gasteiger partial charge on any atom is -0.399 e. The van der Waals surface area contributed by atoms with E-state index in [0.29, 0.717) is 0 Å². The molecule has 1 heterocycles. The van der Waals surface area contributed by atoms with Gasteiger partial charge in [-0.25, -0.2) is 0 Å². The van der Waals surface area contributed by atoms with Crippen LogP contribution in [0.4, 0.5) is 11.4 Å². The molecular weight excluding hydrogens is 164 g/mol. The topological polar surface area (TPSA) is 55.1 Å². The molecule has 0 aromatic heterocycles. The molecule has 1 atom stereocenters. The van der Waals surface area contributed by atoms with E-state index in [2.05, 4.69) is 5.32 Å². The van der Waals surface area contributed by atoms with E-state index in [4.69, 9.17) is 5.73 Å². The number of hydrogen-bond acceptors (Lipinski definition) is 3. The van der Waals surface area contributed by atoms with Gasteiger partial charge in [0.2, 0.25) is 0 Å². The minimum absolute atomic E-state index is 0.0469. The highest BCUT2D eigenvalue weighted by Crippen LogP contribution is 2.25. The molecule has 3 heteroatoms. The number of aryl methyl sites for hydroxylation is 1. The SMILES string of the molecule is Nc1ccc2c(c1)NC(C=O)CC2. The second kappa shape index (κ2) is 3.09. The van der Waals surface area contributed by atoms with Crippen LogP contribution < -0.4 is 11.1 Å². The molecule has 1 aromatic carbocycles. The number of hydrogen-bond donors (Lipinski definition) is 2. The molecule has 0 saturated carbocycles. The standard InChI is InChI=1S/C10H12N2O/c11-8-3-1-7-2-4-9(6-13)12-10(7)5-8/h1,3,5-6,9,12H,2,4,11H2. The van der Waals surface area contributed by atoms with Gasteiger partial charge in [0, 0.05) is 11.4 Å². The number of aldehydes is 1. The van der Waals surface area contributed by atoms with Gasteiger partial charge in [-0.15, -0.1) is 0 Å². The number of carbonyl (C=O) groups is 1. The van der Waals surface area contributed by atoms with Crippen molar-refractivity contribution >= 4 is 17.7 Å². The van der Waals surface area contributed by atoms with E-state index in [-0.39, 0.29) is 6.04 Å². The fraction of sp³-hybridized carbons (Fsp3) is 0.300. The Morgan fingerprint density at radius 3 is 3.15 bits per heavy atom. The Bertz CT molecular complexity index is 336. The summed E-state index contributed by atoms with van der Waals surface area (Å²) in [4.78, 5) is 10.6. The van der Waals surface area contributed by atoms with E-state index in [1.807, 2.05) is 18.2 Å². The van der Waals surface area contributed by atoms with Crippen molar-refractivity contribution in [3.05, 3.63) is 23.8 Å². The van der Waals surface area contributed by atoms with E-state index >= 15 is 0 Å². The van der Waals surface area contributed by atoms with Crippen LogP contribution in [0.15, 0.2) is 18.2 Å². The molecule has 1 aliphatic rings. The zero-order chi connectivity index (χ0) is 9.26.